The van der Waals surface area contributed by atoms with E-state index >= 15 is 0 Å². The molecule has 0 bridgehead atoms. The number of nitrogens with one attached hydrogen (secondary N) is 1. The molecule has 0 radical (unpaired) electrons. The molecule has 0 atom stereocenters. The molecule has 1 N–H and O–H groups in total. The van der Waals surface area contributed by atoms with E-state index in [2.05, 4.69) is 11.4 Å². The summed E-state index contributed by atoms with van der Waals surface area (Å²) in [4.78, 5) is 23.2. The van der Waals surface area contributed by atoms with Crippen LogP contribution in [0.25, 0.3) is 6.08 Å². The van der Waals surface area contributed by atoms with Crippen LogP contribution in [0, 0.1) is 11.3 Å². The van der Waals surface area contributed by atoms with Gasteiger partial charge in [-0.2, -0.15) is 5.26 Å². The minimum Gasteiger partial charge on any atom is -0.493 e. The van der Waals surface area contributed by atoms with Gasteiger partial charge in [0.15, 0.2) is 11.5 Å². The zero-order valence-corrected chi connectivity index (χ0v) is 15.7. The Bertz CT molecular complexity index is 998. The number of carbonyl (C=O) groups excluding carboxylic acids is 2. The van der Waals surface area contributed by atoms with Crippen LogP contribution < -0.4 is 14.8 Å². The predicted molar refractivity (Wildman–Crippen MR) is 103 cm³/mol. The SMILES string of the molecule is COc1cc(/C=C2\SC(=O)NC2=O)cc(Cl)c1OCc1ccccc1C#N. The highest BCUT2D eigenvalue weighted by Crippen LogP contribution is 2.38. The summed E-state index contributed by atoms with van der Waals surface area (Å²) in [6.45, 7) is 0.146. The molecule has 8 heteroatoms. The van der Waals surface area contributed by atoms with Crippen molar-refractivity contribution in [3.8, 4) is 17.6 Å². The summed E-state index contributed by atoms with van der Waals surface area (Å²) >= 11 is 7.15. The number of ether oxygens (including phenoxy) is 2. The third kappa shape index (κ3) is 4.25. The highest BCUT2D eigenvalue weighted by molar-refractivity contribution is 8.18. The van der Waals surface area contributed by atoms with E-state index in [4.69, 9.17) is 26.3 Å². The van der Waals surface area contributed by atoms with E-state index in [9.17, 15) is 9.59 Å². The molecule has 0 unspecified atom stereocenters. The van der Waals surface area contributed by atoms with Gasteiger partial charge in [0.1, 0.15) is 6.61 Å². The summed E-state index contributed by atoms with van der Waals surface area (Å²) < 4.78 is 11.1. The molecule has 0 aromatic heterocycles. The number of thioether (sulfide) groups is 1. The maximum Gasteiger partial charge on any atom is 0.290 e. The molecule has 1 heterocycles. The molecule has 3 rings (SSSR count). The molecule has 1 aliphatic rings. The van der Waals surface area contributed by atoms with Crippen molar-refractivity contribution in [1.29, 1.82) is 5.26 Å². The van der Waals surface area contributed by atoms with E-state index < -0.39 is 11.1 Å². The van der Waals surface area contributed by atoms with Crippen LogP contribution in [0.15, 0.2) is 41.3 Å². The van der Waals surface area contributed by atoms with Crippen LogP contribution in [0.1, 0.15) is 16.7 Å². The Balaban J connectivity index is 1.87. The largest absolute Gasteiger partial charge is 0.493 e. The minimum absolute atomic E-state index is 0.146. The van der Waals surface area contributed by atoms with Crippen LogP contribution in [0.4, 0.5) is 4.79 Å². The zero-order chi connectivity index (χ0) is 19.4. The van der Waals surface area contributed by atoms with Crippen molar-refractivity contribution < 1.29 is 19.1 Å². The Hall–Kier alpha value is -2.95. The summed E-state index contributed by atoms with van der Waals surface area (Å²) in [6.07, 6.45) is 1.55. The quantitative estimate of drug-likeness (QED) is 0.759. The number of hydrogen-bond donors (Lipinski definition) is 1. The topological polar surface area (TPSA) is 88.4 Å². The first kappa shape index (κ1) is 18.8. The second-order valence-corrected chi connectivity index (χ2v) is 6.87. The molecule has 1 fully saturated rings. The van der Waals surface area contributed by atoms with Gasteiger partial charge in [-0.25, -0.2) is 0 Å². The van der Waals surface area contributed by atoms with Crippen molar-refractivity contribution in [3.63, 3.8) is 0 Å². The van der Waals surface area contributed by atoms with Crippen molar-refractivity contribution in [2.75, 3.05) is 7.11 Å². The van der Waals surface area contributed by atoms with E-state index in [1.54, 1.807) is 36.4 Å². The molecule has 2 aromatic rings. The first-order valence-electron chi connectivity index (χ1n) is 7.75. The summed E-state index contributed by atoms with van der Waals surface area (Å²) in [6, 6.07) is 12.5. The molecular weight excluding hydrogens is 388 g/mol. The van der Waals surface area contributed by atoms with Crippen molar-refractivity contribution in [1.82, 2.24) is 5.32 Å². The number of rotatable bonds is 5. The van der Waals surface area contributed by atoms with Gasteiger partial charge in [0.05, 0.1) is 28.7 Å². The maximum atomic E-state index is 11.7. The van der Waals surface area contributed by atoms with Gasteiger partial charge in [-0.1, -0.05) is 29.8 Å². The molecule has 1 aliphatic heterocycles. The Labute approximate surface area is 164 Å². The molecule has 6 nitrogen and oxygen atoms in total. The first-order chi connectivity index (χ1) is 13.0. The molecule has 1 saturated heterocycles. The second kappa shape index (κ2) is 8.16. The van der Waals surface area contributed by atoms with E-state index in [1.165, 1.54) is 7.11 Å². The molecular formula is C19H13ClN2O4S. The van der Waals surface area contributed by atoms with Gasteiger partial charge >= 0.3 is 0 Å². The maximum absolute atomic E-state index is 11.7. The molecule has 0 aliphatic carbocycles. The van der Waals surface area contributed by atoms with Crippen LogP contribution in [0.5, 0.6) is 11.5 Å². The summed E-state index contributed by atoms with van der Waals surface area (Å²) in [5.74, 6) is 0.251. The number of benzene rings is 2. The monoisotopic (exact) mass is 400 g/mol. The molecule has 0 spiro atoms. The lowest BCUT2D eigenvalue weighted by molar-refractivity contribution is -0.115. The van der Waals surface area contributed by atoms with Gasteiger partial charge in [0.25, 0.3) is 11.1 Å². The number of carbonyl (C=O) groups is 2. The molecule has 0 saturated carbocycles. The number of halogens is 1. The van der Waals surface area contributed by atoms with Crippen LogP contribution in [-0.4, -0.2) is 18.3 Å². The summed E-state index contributed by atoms with van der Waals surface area (Å²) in [7, 11) is 1.47. The van der Waals surface area contributed by atoms with Gasteiger partial charge < -0.3 is 9.47 Å². The highest BCUT2D eigenvalue weighted by Gasteiger charge is 2.25. The van der Waals surface area contributed by atoms with Gasteiger partial charge in [0.2, 0.25) is 0 Å². The standard InChI is InChI=1S/C19H13ClN2O4S/c1-25-15-7-11(8-16-18(23)22-19(24)27-16)6-14(20)17(15)26-10-13-5-3-2-4-12(13)9-21/h2-8H,10H2,1H3,(H,22,23,24)/b16-8-. The fourth-order valence-corrected chi connectivity index (χ4v) is 3.40. The average molecular weight is 401 g/mol. The number of hydrogen-bond acceptors (Lipinski definition) is 6. The van der Waals surface area contributed by atoms with Crippen LogP contribution in [0.3, 0.4) is 0 Å². The number of nitrogens with zero attached hydrogens (tertiary/aromatic N) is 1. The van der Waals surface area contributed by atoms with E-state index in [0.29, 0.717) is 22.6 Å². The fraction of sp³-hybridized carbons (Fsp3) is 0.105. The minimum atomic E-state index is -0.450. The average Bonchev–Trinajstić information content (AvgIpc) is 2.97. The smallest absolute Gasteiger partial charge is 0.290 e. The van der Waals surface area contributed by atoms with E-state index in [-0.39, 0.29) is 16.5 Å². The first-order valence-corrected chi connectivity index (χ1v) is 8.94. The Morgan fingerprint density at radius 1 is 1.30 bits per heavy atom. The lowest BCUT2D eigenvalue weighted by Crippen LogP contribution is -2.17. The number of nitriles is 1. The van der Waals surface area contributed by atoms with Gasteiger partial charge in [-0.3, -0.25) is 14.9 Å². The summed E-state index contributed by atoms with van der Waals surface area (Å²) in [5, 5.41) is 11.2. The molecule has 136 valence electrons. The lowest BCUT2D eigenvalue weighted by Gasteiger charge is -2.14. The van der Waals surface area contributed by atoms with Crippen LogP contribution in [0.2, 0.25) is 5.02 Å². The Morgan fingerprint density at radius 2 is 2.07 bits per heavy atom. The van der Waals surface area contributed by atoms with Crippen molar-refractivity contribution in [3.05, 3.63) is 63.0 Å². The van der Waals surface area contributed by atoms with Gasteiger partial charge in [-0.15, -0.1) is 0 Å². The summed E-state index contributed by atoms with van der Waals surface area (Å²) in [5.41, 5.74) is 1.83. The third-order valence-electron chi connectivity index (χ3n) is 3.70. The van der Waals surface area contributed by atoms with E-state index in [0.717, 1.165) is 17.3 Å². The third-order valence-corrected chi connectivity index (χ3v) is 4.79. The normalized spacial score (nSPS) is 14.8. The van der Waals surface area contributed by atoms with Crippen molar-refractivity contribution >= 4 is 40.6 Å². The number of methoxy groups -OCH3 is 1. The van der Waals surface area contributed by atoms with Crippen molar-refractivity contribution in [2.24, 2.45) is 0 Å². The predicted octanol–water partition coefficient (Wildman–Crippen LogP) is 4.12. The number of imide groups is 1. The fourth-order valence-electron chi connectivity index (χ4n) is 2.44. The Morgan fingerprint density at radius 3 is 2.74 bits per heavy atom. The molecule has 27 heavy (non-hydrogen) atoms. The Kier molecular flexibility index (Phi) is 5.69. The van der Waals surface area contributed by atoms with Gasteiger partial charge in [0, 0.05) is 5.56 Å². The van der Waals surface area contributed by atoms with Crippen LogP contribution in [-0.2, 0) is 11.4 Å². The zero-order valence-electron chi connectivity index (χ0n) is 14.1. The van der Waals surface area contributed by atoms with E-state index in [1.807, 2.05) is 6.07 Å². The van der Waals surface area contributed by atoms with Gasteiger partial charge in [-0.05, 0) is 41.6 Å². The van der Waals surface area contributed by atoms with Crippen LogP contribution >= 0.6 is 23.4 Å². The lowest BCUT2D eigenvalue weighted by atomic mass is 10.1. The molecule has 2 aromatic carbocycles. The second-order valence-electron chi connectivity index (χ2n) is 5.44. The molecule has 2 amide bonds. The van der Waals surface area contributed by atoms with Crippen molar-refractivity contribution in [2.45, 2.75) is 6.61 Å². The number of amides is 2. The highest BCUT2D eigenvalue weighted by atomic mass is 35.5.